The number of halogens is 1. The summed E-state index contributed by atoms with van der Waals surface area (Å²) >= 11 is 6.38. The molecule has 3 heteroatoms. The lowest BCUT2D eigenvalue weighted by Crippen LogP contribution is -2.24. The minimum Gasteiger partial charge on any atom is -0.372 e. The van der Waals surface area contributed by atoms with Gasteiger partial charge in [0.15, 0.2) is 0 Å². The fourth-order valence-electron chi connectivity index (χ4n) is 2.14. The van der Waals surface area contributed by atoms with E-state index in [4.69, 9.17) is 17.3 Å². The fourth-order valence-corrected chi connectivity index (χ4v) is 2.40. The predicted molar refractivity (Wildman–Crippen MR) is 86.2 cm³/mol. The lowest BCUT2D eigenvalue weighted by Gasteiger charge is -2.24. The van der Waals surface area contributed by atoms with Crippen LogP contribution in [0.15, 0.2) is 18.2 Å². The fraction of sp³-hybridized carbons (Fsp3) is 0.625. The molecular weight excluding hydrogens is 256 g/mol. The zero-order chi connectivity index (χ0) is 14.3. The molecule has 0 saturated carbocycles. The Morgan fingerprint density at radius 1 is 1.26 bits per heavy atom. The minimum absolute atomic E-state index is 0.200. The van der Waals surface area contributed by atoms with Gasteiger partial charge in [-0.05, 0) is 43.9 Å². The molecule has 2 N–H and O–H groups in total. The lowest BCUT2D eigenvalue weighted by atomic mass is 10.0. The number of unbranched alkanes of at least 4 members (excludes halogenated alkanes) is 1. The number of benzene rings is 1. The van der Waals surface area contributed by atoms with E-state index >= 15 is 0 Å². The second-order valence-corrected chi connectivity index (χ2v) is 5.49. The molecule has 1 aromatic carbocycles. The van der Waals surface area contributed by atoms with Crippen LogP contribution in [-0.4, -0.2) is 19.1 Å². The SMILES string of the molecule is CCCCN(CC)c1ccc(CC(N)CC)c(Cl)c1. The topological polar surface area (TPSA) is 29.3 Å². The number of hydrogen-bond donors (Lipinski definition) is 1. The quantitative estimate of drug-likeness (QED) is 0.772. The van der Waals surface area contributed by atoms with E-state index in [1.807, 2.05) is 0 Å². The van der Waals surface area contributed by atoms with Gasteiger partial charge >= 0.3 is 0 Å². The molecule has 0 aliphatic rings. The van der Waals surface area contributed by atoms with Crippen molar-refractivity contribution in [1.82, 2.24) is 0 Å². The van der Waals surface area contributed by atoms with Crippen molar-refractivity contribution in [3.63, 3.8) is 0 Å². The Bertz CT molecular complexity index is 379. The van der Waals surface area contributed by atoms with Gasteiger partial charge in [-0.3, -0.25) is 0 Å². The first-order chi connectivity index (χ1) is 9.12. The Hall–Kier alpha value is -0.730. The third-order valence-electron chi connectivity index (χ3n) is 3.57. The maximum Gasteiger partial charge on any atom is 0.0459 e. The average molecular weight is 283 g/mol. The lowest BCUT2D eigenvalue weighted by molar-refractivity contribution is 0.646. The molecule has 0 amide bonds. The molecule has 19 heavy (non-hydrogen) atoms. The summed E-state index contributed by atoms with van der Waals surface area (Å²) in [6.45, 7) is 8.62. The number of nitrogens with zero attached hydrogens (tertiary/aromatic N) is 1. The van der Waals surface area contributed by atoms with E-state index in [0.29, 0.717) is 0 Å². The molecule has 0 aliphatic heterocycles. The van der Waals surface area contributed by atoms with Crippen molar-refractivity contribution in [2.75, 3.05) is 18.0 Å². The van der Waals surface area contributed by atoms with Crippen LogP contribution >= 0.6 is 11.6 Å². The Morgan fingerprint density at radius 3 is 2.53 bits per heavy atom. The molecule has 0 aliphatic carbocycles. The summed E-state index contributed by atoms with van der Waals surface area (Å²) in [7, 11) is 0. The van der Waals surface area contributed by atoms with Gasteiger partial charge in [-0.15, -0.1) is 0 Å². The highest BCUT2D eigenvalue weighted by Crippen LogP contribution is 2.25. The molecule has 2 nitrogen and oxygen atoms in total. The van der Waals surface area contributed by atoms with Crippen molar-refractivity contribution in [3.8, 4) is 0 Å². The van der Waals surface area contributed by atoms with Crippen molar-refractivity contribution in [1.29, 1.82) is 0 Å². The van der Waals surface area contributed by atoms with Crippen LogP contribution in [0.3, 0.4) is 0 Å². The molecule has 0 spiro atoms. The molecule has 1 rings (SSSR count). The second-order valence-electron chi connectivity index (χ2n) is 5.08. The van der Waals surface area contributed by atoms with Crippen LogP contribution in [0.4, 0.5) is 5.69 Å². The molecule has 1 unspecified atom stereocenters. The van der Waals surface area contributed by atoms with Crippen LogP contribution in [0.5, 0.6) is 0 Å². The number of hydrogen-bond acceptors (Lipinski definition) is 2. The Labute approximate surface area is 122 Å². The van der Waals surface area contributed by atoms with Gasteiger partial charge in [0.2, 0.25) is 0 Å². The monoisotopic (exact) mass is 282 g/mol. The zero-order valence-electron chi connectivity index (χ0n) is 12.5. The van der Waals surface area contributed by atoms with Crippen LogP contribution in [0.25, 0.3) is 0 Å². The van der Waals surface area contributed by atoms with Gasteiger partial charge in [-0.25, -0.2) is 0 Å². The van der Waals surface area contributed by atoms with Crippen LogP contribution in [0.2, 0.25) is 5.02 Å². The summed E-state index contributed by atoms with van der Waals surface area (Å²) in [5.74, 6) is 0. The summed E-state index contributed by atoms with van der Waals surface area (Å²) < 4.78 is 0. The molecule has 0 heterocycles. The summed E-state index contributed by atoms with van der Waals surface area (Å²) in [6, 6.07) is 6.58. The van der Waals surface area contributed by atoms with Gasteiger partial charge in [0.25, 0.3) is 0 Å². The van der Waals surface area contributed by atoms with Gasteiger partial charge in [0, 0.05) is 29.8 Å². The Balaban J connectivity index is 2.79. The van der Waals surface area contributed by atoms with E-state index in [1.54, 1.807) is 0 Å². The standard InChI is InChI=1S/C16H27ClN2/c1-4-7-10-19(6-3)15-9-8-13(16(17)12-15)11-14(18)5-2/h8-9,12,14H,4-7,10-11,18H2,1-3H3. The first kappa shape index (κ1) is 16.3. The summed E-state index contributed by atoms with van der Waals surface area (Å²) in [5.41, 5.74) is 8.37. The third-order valence-corrected chi connectivity index (χ3v) is 3.92. The van der Waals surface area contributed by atoms with Gasteiger partial charge < -0.3 is 10.6 Å². The molecule has 1 aromatic rings. The largest absolute Gasteiger partial charge is 0.372 e. The normalized spacial score (nSPS) is 12.5. The maximum atomic E-state index is 6.38. The molecule has 1 atom stereocenters. The highest BCUT2D eigenvalue weighted by molar-refractivity contribution is 6.31. The summed E-state index contributed by atoms with van der Waals surface area (Å²) in [6.07, 6.45) is 4.27. The minimum atomic E-state index is 0.200. The molecule has 0 aromatic heterocycles. The van der Waals surface area contributed by atoms with Crippen molar-refractivity contribution in [2.24, 2.45) is 5.73 Å². The summed E-state index contributed by atoms with van der Waals surface area (Å²) in [4.78, 5) is 2.37. The van der Waals surface area contributed by atoms with Crippen LogP contribution in [-0.2, 0) is 6.42 Å². The van der Waals surface area contributed by atoms with Crippen LogP contribution in [0.1, 0.15) is 45.6 Å². The highest BCUT2D eigenvalue weighted by atomic mass is 35.5. The molecule has 0 bridgehead atoms. The van der Waals surface area contributed by atoms with Crippen LogP contribution in [0, 0.1) is 0 Å². The van der Waals surface area contributed by atoms with Gasteiger partial charge in [-0.2, -0.15) is 0 Å². The average Bonchev–Trinajstić information content (AvgIpc) is 2.42. The highest BCUT2D eigenvalue weighted by Gasteiger charge is 2.09. The Morgan fingerprint density at radius 2 is 2.00 bits per heavy atom. The van der Waals surface area contributed by atoms with Crippen molar-refractivity contribution >= 4 is 17.3 Å². The number of nitrogens with two attached hydrogens (primary N) is 1. The first-order valence-corrected chi connectivity index (χ1v) is 7.79. The van der Waals surface area contributed by atoms with Gasteiger partial charge in [0.1, 0.15) is 0 Å². The molecule has 0 radical (unpaired) electrons. The van der Waals surface area contributed by atoms with Crippen molar-refractivity contribution < 1.29 is 0 Å². The van der Waals surface area contributed by atoms with E-state index in [0.717, 1.165) is 36.5 Å². The molecule has 108 valence electrons. The van der Waals surface area contributed by atoms with E-state index < -0.39 is 0 Å². The maximum absolute atomic E-state index is 6.38. The number of anilines is 1. The second kappa shape index (κ2) is 8.44. The van der Waals surface area contributed by atoms with E-state index in [-0.39, 0.29) is 6.04 Å². The van der Waals surface area contributed by atoms with Crippen molar-refractivity contribution in [3.05, 3.63) is 28.8 Å². The third kappa shape index (κ3) is 5.04. The van der Waals surface area contributed by atoms with Gasteiger partial charge in [0.05, 0.1) is 0 Å². The van der Waals surface area contributed by atoms with Crippen LogP contribution < -0.4 is 10.6 Å². The van der Waals surface area contributed by atoms with E-state index in [2.05, 4.69) is 43.9 Å². The zero-order valence-corrected chi connectivity index (χ0v) is 13.2. The van der Waals surface area contributed by atoms with E-state index in [1.165, 1.54) is 18.5 Å². The smallest absolute Gasteiger partial charge is 0.0459 e. The van der Waals surface area contributed by atoms with E-state index in [9.17, 15) is 0 Å². The number of rotatable bonds is 8. The van der Waals surface area contributed by atoms with Crippen molar-refractivity contribution in [2.45, 2.75) is 52.5 Å². The molecule has 0 saturated heterocycles. The first-order valence-electron chi connectivity index (χ1n) is 7.41. The summed E-state index contributed by atoms with van der Waals surface area (Å²) in [5, 5.41) is 0.844. The Kier molecular flexibility index (Phi) is 7.25. The predicted octanol–water partition coefficient (Wildman–Crippen LogP) is 4.25. The molecule has 0 fully saturated rings. The van der Waals surface area contributed by atoms with Gasteiger partial charge in [-0.1, -0.05) is 37.9 Å². The molecular formula is C16H27ClN2.